The summed E-state index contributed by atoms with van der Waals surface area (Å²) in [5.41, 5.74) is 2.19. The van der Waals surface area contributed by atoms with E-state index in [1.165, 1.54) is 7.11 Å². The minimum Gasteiger partial charge on any atom is -0.496 e. The first-order valence-corrected chi connectivity index (χ1v) is 11.7. The summed E-state index contributed by atoms with van der Waals surface area (Å²) in [4.78, 5) is 40.7. The van der Waals surface area contributed by atoms with Crippen molar-refractivity contribution in [3.8, 4) is 5.75 Å². The van der Waals surface area contributed by atoms with Gasteiger partial charge in [0.1, 0.15) is 11.8 Å². The number of aliphatic imine (C=N–C) groups is 1. The molecule has 2 aromatic carbocycles. The summed E-state index contributed by atoms with van der Waals surface area (Å²) in [6, 6.07) is 10.7. The second kappa shape index (κ2) is 13.0. The van der Waals surface area contributed by atoms with Crippen LogP contribution in [-0.4, -0.2) is 61.9 Å². The Morgan fingerprint density at radius 2 is 2.00 bits per heavy atom. The lowest BCUT2D eigenvalue weighted by Gasteiger charge is -2.17. The van der Waals surface area contributed by atoms with Gasteiger partial charge in [0.2, 0.25) is 0 Å². The summed E-state index contributed by atoms with van der Waals surface area (Å²) >= 11 is 0. The van der Waals surface area contributed by atoms with Crippen molar-refractivity contribution in [3.05, 3.63) is 53.6 Å². The van der Waals surface area contributed by atoms with Crippen molar-refractivity contribution in [2.75, 3.05) is 37.4 Å². The van der Waals surface area contributed by atoms with Crippen molar-refractivity contribution in [2.24, 2.45) is 4.99 Å². The molecule has 0 saturated heterocycles. The summed E-state index contributed by atoms with van der Waals surface area (Å²) in [5.74, 6) is -0.479. The average Bonchev–Trinajstić information content (AvgIpc) is 2.88. The van der Waals surface area contributed by atoms with Crippen LogP contribution in [0.3, 0.4) is 0 Å². The number of carboxylic acid groups (broad SMARTS) is 1. The lowest BCUT2D eigenvalue weighted by atomic mass is 10.0. The number of amides is 2. The Bertz CT molecular complexity index is 1120. The van der Waals surface area contributed by atoms with Crippen LogP contribution in [0.5, 0.6) is 5.75 Å². The number of carbonyl (C=O) groups is 3. The number of aliphatic carboxylic acids is 1. The number of hydrogen-bond acceptors (Lipinski definition) is 8. The molecule has 0 fully saturated rings. The Hall–Kier alpha value is -4.28. The van der Waals surface area contributed by atoms with Crippen LogP contribution in [0.2, 0.25) is 0 Å². The number of benzene rings is 2. The van der Waals surface area contributed by atoms with Gasteiger partial charge in [-0.1, -0.05) is 19.1 Å². The fraction of sp³-hybridized carbons (Fsp3) is 0.360. The van der Waals surface area contributed by atoms with E-state index in [0.29, 0.717) is 34.9 Å². The minimum atomic E-state index is -1.21. The van der Waals surface area contributed by atoms with Gasteiger partial charge in [-0.3, -0.25) is 9.79 Å². The molecule has 0 bridgehead atoms. The molecular formula is C25H31N5O6. The van der Waals surface area contributed by atoms with Crippen molar-refractivity contribution < 1.29 is 29.0 Å². The van der Waals surface area contributed by atoms with Crippen molar-refractivity contribution in [3.63, 3.8) is 0 Å². The van der Waals surface area contributed by atoms with Crippen molar-refractivity contribution in [1.29, 1.82) is 0 Å². The minimum absolute atomic E-state index is 0.0282. The number of nitrogens with zero attached hydrogens (tertiary/aromatic N) is 1. The van der Waals surface area contributed by atoms with E-state index in [-0.39, 0.29) is 18.9 Å². The zero-order chi connectivity index (χ0) is 25.9. The fourth-order valence-corrected chi connectivity index (χ4v) is 3.48. The number of methoxy groups -OCH3 is 1. The lowest BCUT2D eigenvalue weighted by molar-refractivity contribution is -0.139. The van der Waals surface area contributed by atoms with Crippen LogP contribution in [0.4, 0.5) is 16.2 Å². The monoisotopic (exact) mass is 497 g/mol. The Morgan fingerprint density at radius 1 is 1.17 bits per heavy atom. The molecule has 5 N–H and O–H groups in total. The largest absolute Gasteiger partial charge is 0.496 e. The molecule has 36 heavy (non-hydrogen) atoms. The van der Waals surface area contributed by atoms with E-state index in [1.807, 2.05) is 13.0 Å². The molecule has 1 aliphatic rings. The first-order valence-electron chi connectivity index (χ1n) is 11.7. The Labute approximate surface area is 209 Å². The van der Waals surface area contributed by atoms with Gasteiger partial charge in [-0.25, -0.2) is 9.59 Å². The zero-order valence-corrected chi connectivity index (χ0v) is 20.3. The van der Waals surface area contributed by atoms with Crippen LogP contribution in [0.25, 0.3) is 0 Å². The van der Waals surface area contributed by atoms with E-state index in [2.05, 4.69) is 26.3 Å². The molecule has 2 aromatic rings. The highest BCUT2D eigenvalue weighted by molar-refractivity contribution is 6.05. The van der Waals surface area contributed by atoms with E-state index < -0.39 is 18.1 Å². The normalized spacial score (nSPS) is 13.4. The number of ether oxygens (including phenoxy) is 2. The van der Waals surface area contributed by atoms with Crippen LogP contribution >= 0.6 is 0 Å². The molecular weight excluding hydrogens is 466 g/mol. The third-order valence-corrected chi connectivity index (χ3v) is 5.28. The van der Waals surface area contributed by atoms with Gasteiger partial charge in [-0.05, 0) is 42.7 Å². The number of guanidine groups is 1. The summed E-state index contributed by atoms with van der Waals surface area (Å²) in [5, 5.41) is 21.0. The first kappa shape index (κ1) is 26.3. The Morgan fingerprint density at radius 3 is 2.69 bits per heavy atom. The molecule has 0 spiro atoms. The second-order valence-corrected chi connectivity index (χ2v) is 8.07. The molecule has 2 amide bonds. The molecule has 0 saturated carbocycles. The average molecular weight is 498 g/mol. The van der Waals surface area contributed by atoms with Gasteiger partial charge >= 0.3 is 12.1 Å². The van der Waals surface area contributed by atoms with Gasteiger partial charge in [-0.2, -0.15) is 0 Å². The van der Waals surface area contributed by atoms with Gasteiger partial charge in [0.25, 0.3) is 5.91 Å². The molecule has 0 radical (unpaired) electrons. The fourth-order valence-electron chi connectivity index (χ4n) is 3.48. The van der Waals surface area contributed by atoms with Gasteiger partial charge in [0.15, 0.2) is 5.96 Å². The summed E-state index contributed by atoms with van der Waals surface area (Å²) in [6.45, 7) is 3.63. The molecule has 0 aliphatic carbocycles. The number of nitrogens with one attached hydrogen (secondary N) is 4. The molecule has 1 atom stereocenters. The van der Waals surface area contributed by atoms with Gasteiger partial charge < -0.3 is 35.8 Å². The van der Waals surface area contributed by atoms with E-state index >= 15 is 0 Å². The maximum atomic E-state index is 12.9. The Kier molecular flexibility index (Phi) is 9.49. The number of rotatable bonds is 10. The van der Waals surface area contributed by atoms with Gasteiger partial charge in [-0.15, -0.1) is 0 Å². The quantitative estimate of drug-likeness (QED) is 0.336. The highest BCUT2D eigenvalue weighted by Crippen LogP contribution is 2.25. The van der Waals surface area contributed by atoms with Crippen LogP contribution in [0.15, 0.2) is 47.5 Å². The van der Waals surface area contributed by atoms with Crippen LogP contribution in [-0.2, 0) is 16.0 Å². The number of anilines is 2. The smallest absolute Gasteiger partial charge is 0.407 e. The maximum absolute atomic E-state index is 12.9. The second-order valence-electron chi connectivity index (χ2n) is 8.07. The number of carboxylic acids is 1. The summed E-state index contributed by atoms with van der Waals surface area (Å²) in [6.07, 6.45) is 0.781. The van der Waals surface area contributed by atoms with Crippen molar-refractivity contribution >= 4 is 35.3 Å². The van der Waals surface area contributed by atoms with E-state index in [9.17, 15) is 19.5 Å². The maximum Gasteiger partial charge on any atom is 0.407 e. The topological polar surface area (TPSA) is 150 Å². The lowest BCUT2D eigenvalue weighted by Crippen LogP contribution is -2.42. The zero-order valence-electron chi connectivity index (χ0n) is 20.3. The Balaban J connectivity index is 1.67. The molecule has 3 rings (SSSR count). The standard InChI is InChI=1S/C25H31N5O6/c1-3-12-36-25(34)30-20(23(32)33)14-16-8-9-19(15-21(16)35-2)28-22(31)17-6-4-7-18(13-17)29-24-26-10-5-11-27-24/h4,6-9,13,15,20H,3,5,10-12,14H2,1-2H3,(H,28,31)(H,30,34)(H,32,33)(H2,26,27,29)/t20-/m0/s1. The third-order valence-electron chi connectivity index (χ3n) is 5.28. The van der Waals surface area contributed by atoms with Gasteiger partial charge in [0, 0.05) is 42.5 Å². The van der Waals surface area contributed by atoms with Crippen LogP contribution in [0.1, 0.15) is 35.7 Å². The number of alkyl carbamates (subject to hydrolysis) is 1. The summed E-state index contributed by atoms with van der Waals surface area (Å²) < 4.78 is 10.3. The third kappa shape index (κ3) is 7.62. The van der Waals surface area contributed by atoms with E-state index in [0.717, 1.165) is 25.2 Å². The molecule has 0 unspecified atom stereocenters. The van der Waals surface area contributed by atoms with E-state index in [4.69, 9.17) is 9.47 Å². The van der Waals surface area contributed by atoms with Crippen molar-refractivity contribution in [1.82, 2.24) is 10.6 Å². The number of hydrogen-bond donors (Lipinski definition) is 5. The first-order chi connectivity index (χ1) is 17.4. The molecule has 1 heterocycles. The van der Waals surface area contributed by atoms with Gasteiger partial charge in [0.05, 0.1) is 13.7 Å². The molecule has 11 nitrogen and oxygen atoms in total. The molecule has 1 aliphatic heterocycles. The molecule has 11 heteroatoms. The van der Waals surface area contributed by atoms with E-state index in [1.54, 1.807) is 36.4 Å². The molecule has 192 valence electrons. The predicted octanol–water partition coefficient (Wildman–Crippen LogP) is 2.84. The summed E-state index contributed by atoms with van der Waals surface area (Å²) in [7, 11) is 1.44. The van der Waals surface area contributed by atoms with Crippen LogP contribution < -0.4 is 26.0 Å². The highest BCUT2D eigenvalue weighted by Gasteiger charge is 2.23. The highest BCUT2D eigenvalue weighted by atomic mass is 16.5. The predicted molar refractivity (Wildman–Crippen MR) is 136 cm³/mol. The van der Waals surface area contributed by atoms with Crippen LogP contribution in [0, 0.1) is 0 Å². The van der Waals surface area contributed by atoms with Crippen molar-refractivity contribution in [2.45, 2.75) is 32.2 Å². The number of carbonyl (C=O) groups excluding carboxylic acids is 2. The molecule has 0 aromatic heterocycles. The SMILES string of the molecule is CCCOC(=O)N[C@@H](Cc1ccc(NC(=O)c2cccc(NC3=NCCCN3)c2)cc1OC)C(=O)O.